The molecule has 3 unspecified atom stereocenters. The third kappa shape index (κ3) is 3.03. The van der Waals surface area contributed by atoms with Crippen molar-refractivity contribution in [3.05, 3.63) is 28.3 Å². The lowest BCUT2D eigenvalue weighted by Crippen LogP contribution is -2.35. The molecule has 0 radical (unpaired) electrons. The molecule has 5 nitrogen and oxygen atoms in total. The van der Waals surface area contributed by atoms with E-state index in [4.69, 9.17) is 4.74 Å². The van der Waals surface area contributed by atoms with E-state index in [2.05, 4.69) is 19.2 Å². The number of benzene rings is 1. The molecular formula is C15H22N2O3. The van der Waals surface area contributed by atoms with E-state index in [-0.39, 0.29) is 5.69 Å². The molecular weight excluding hydrogens is 256 g/mol. The second-order valence-electron chi connectivity index (χ2n) is 5.66. The number of anilines is 1. The van der Waals surface area contributed by atoms with E-state index in [1.807, 2.05) is 0 Å². The molecule has 5 heteroatoms. The first-order valence-corrected chi connectivity index (χ1v) is 7.12. The lowest BCUT2D eigenvalue weighted by Gasteiger charge is -2.35. The highest BCUT2D eigenvalue weighted by Gasteiger charge is 2.27. The number of rotatable bonds is 4. The molecule has 0 heterocycles. The summed E-state index contributed by atoms with van der Waals surface area (Å²) in [5.41, 5.74) is 0.890. The molecule has 1 aromatic rings. The third-order valence-electron chi connectivity index (χ3n) is 4.44. The summed E-state index contributed by atoms with van der Waals surface area (Å²) in [6, 6.07) is 5.12. The van der Waals surface area contributed by atoms with Crippen molar-refractivity contribution in [1.29, 1.82) is 0 Å². The minimum atomic E-state index is -0.405. The molecule has 0 saturated heterocycles. The van der Waals surface area contributed by atoms with Crippen LogP contribution in [0.2, 0.25) is 0 Å². The SMILES string of the molecule is COc1cc([N+](=O)[O-])ccc1NC1CCCC(C)C1C. The fourth-order valence-corrected chi connectivity index (χ4v) is 2.90. The van der Waals surface area contributed by atoms with Crippen molar-refractivity contribution < 1.29 is 9.66 Å². The van der Waals surface area contributed by atoms with E-state index in [9.17, 15) is 10.1 Å². The van der Waals surface area contributed by atoms with Crippen LogP contribution in [0.15, 0.2) is 18.2 Å². The van der Waals surface area contributed by atoms with Crippen molar-refractivity contribution in [3.8, 4) is 5.75 Å². The number of nitrogens with one attached hydrogen (secondary N) is 1. The molecule has 110 valence electrons. The smallest absolute Gasteiger partial charge is 0.273 e. The van der Waals surface area contributed by atoms with E-state index < -0.39 is 4.92 Å². The van der Waals surface area contributed by atoms with E-state index in [1.54, 1.807) is 6.07 Å². The van der Waals surface area contributed by atoms with Gasteiger partial charge in [-0.05, 0) is 24.3 Å². The van der Waals surface area contributed by atoms with Crippen molar-refractivity contribution in [2.45, 2.75) is 39.2 Å². The highest BCUT2D eigenvalue weighted by atomic mass is 16.6. The molecule has 1 aromatic carbocycles. The number of methoxy groups -OCH3 is 1. The second-order valence-corrected chi connectivity index (χ2v) is 5.66. The summed E-state index contributed by atoms with van der Waals surface area (Å²) in [5, 5.41) is 14.3. The van der Waals surface area contributed by atoms with Crippen molar-refractivity contribution in [3.63, 3.8) is 0 Å². The van der Waals surface area contributed by atoms with E-state index in [0.29, 0.717) is 23.6 Å². The van der Waals surface area contributed by atoms with Gasteiger partial charge in [-0.25, -0.2) is 0 Å². The second kappa shape index (κ2) is 6.11. The normalized spacial score (nSPS) is 26.1. The van der Waals surface area contributed by atoms with Gasteiger partial charge in [-0.3, -0.25) is 10.1 Å². The molecule has 0 aromatic heterocycles. The fourth-order valence-electron chi connectivity index (χ4n) is 2.90. The van der Waals surface area contributed by atoms with E-state index in [1.165, 1.54) is 32.1 Å². The van der Waals surface area contributed by atoms with Crippen LogP contribution in [0, 0.1) is 22.0 Å². The van der Waals surface area contributed by atoms with Gasteiger partial charge in [0, 0.05) is 12.1 Å². The average Bonchev–Trinajstić information content (AvgIpc) is 2.44. The number of nitrogens with zero attached hydrogens (tertiary/aromatic N) is 1. The molecule has 0 spiro atoms. The summed E-state index contributed by atoms with van der Waals surface area (Å²) >= 11 is 0. The Morgan fingerprint density at radius 3 is 2.75 bits per heavy atom. The summed E-state index contributed by atoms with van der Waals surface area (Å²) < 4.78 is 5.27. The number of hydrogen-bond acceptors (Lipinski definition) is 4. The van der Waals surface area contributed by atoms with Crippen LogP contribution < -0.4 is 10.1 Å². The summed E-state index contributed by atoms with van der Waals surface area (Å²) in [7, 11) is 1.54. The molecule has 0 aliphatic heterocycles. The Morgan fingerprint density at radius 2 is 2.10 bits per heavy atom. The third-order valence-corrected chi connectivity index (χ3v) is 4.44. The maximum Gasteiger partial charge on any atom is 0.273 e. The quantitative estimate of drug-likeness (QED) is 0.671. The lowest BCUT2D eigenvalue weighted by atomic mass is 9.78. The van der Waals surface area contributed by atoms with Gasteiger partial charge in [0.05, 0.1) is 23.8 Å². The lowest BCUT2D eigenvalue weighted by molar-refractivity contribution is -0.384. The standard InChI is InChI=1S/C15H22N2O3/c1-10-5-4-6-13(11(10)2)16-14-8-7-12(17(18)19)9-15(14)20-3/h7-11,13,16H,4-6H2,1-3H3. The highest BCUT2D eigenvalue weighted by Crippen LogP contribution is 2.35. The van der Waals surface area contributed by atoms with Crippen LogP contribution in [0.25, 0.3) is 0 Å². The molecule has 1 N–H and O–H groups in total. The van der Waals surface area contributed by atoms with Crippen LogP contribution in [0.1, 0.15) is 33.1 Å². The molecule has 2 rings (SSSR count). The average molecular weight is 278 g/mol. The highest BCUT2D eigenvalue weighted by molar-refractivity contribution is 5.61. The number of ether oxygens (including phenoxy) is 1. The molecule has 0 amide bonds. The van der Waals surface area contributed by atoms with E-state index >= 15 is 0 Å². The Bertz CT molecular complexity index is 490. The predicted octanol–water partition coefficient (Wildman–Crippen LogP) is 3.84. The van der Waals surface area contributed by atoms with Gasteiger partial charge in [-0.15, -0.1) is 0 Å². The zero-order valence-corrected chi connectivity index (χ0v) is 12.3. The fraction of sp³-hybridized carbons (Fsp3) is 0.600. The molecule has 3 atom stereocenters. The maximum absolute atomic E-state index is 10.8. The number of non-ortho nitro benzene ring substituents is 1. The van der Waals surface area contributed by atoms with Gasteiger partial charge >= 0.3 is 0 Å². The van der Waals surface area contributed by atoms with Gasteiger partial charge in [0.2, 0.25) is 0 Å². The Morgan fingerprint density at radius 1 is 1.35 bits per heavy atom. The van der Waals surface area contributed by atoms with Crippen LogP contribution in [0.3, 0.4) is 0 Å². The first-order chi connectivity index (χ1) is 9.52. The van der Waals surface area contributed by atoms with E-state index in [0.717, 1.165) is 12.1 Å². The predicted molar refractivity (Wildman–Crippen MR) is 79.2 cm³/mol. The Hall–Kier alpha value is -1.78. The van der Waals surface area contributed by atoms with Crippen LogP contribution in [0.4, 0.5) is 11.4 Å². The zero-order chi connectivity index (χ0) is 14.7. The summed E-state index contributed by atoms with van der Waals surface area (Å²) in [4.78, 5) is 10.4. The van der Waals surface area contributed by atoms with Crippen molar-refractivity contribution in [1.82, 2.24) is 0 Å². The Balaban J connectivity index is 2.18. The van der Waals surface area contributed by atoms with Gasteiger partial charge < -0.3 is 10.1 Å². The van der Waals surface area contributed by atoms with Gasteiger partial charge in [0.15, 0.2) is 0 Å². The molecule has 1 aliphatic rings. The largest absolute Gasteiger partial charge is 0.494 e. The molecule has 0 bridgehead atoms. The first-order valence-electron chi connectivity index (χ1n) is 7.12. The topological polar surface area (TPSA) is 64.4 Å². The Kier molecular flexibility index (Phi) is 4.47. The number of nitro groups is 1. The van der Waals surface area contributed by atoms with Gasteiger partial charge in [0.1, 0.15) is 5.75 Å². The summed E-state index contributed by atoms with van der Waals surface area (Å²) in [5.74, 6) is 1.82. The van der Waals surface area contributed by atoms with Crippen LogP contribution in [-0.2, 0) is 0 Å². The summed E-state index contributed by atoms with van der Waals surface area (Å²) in [6.07, 6.45) is 3.63. The van der Waals surface area contributed by atoms with Crippen LogP contribution >= 0.6 is 0 Å². The summed E-state index contributed by atoms with van der Waals surface area (Å²) in [6.45, 7) is 4.55. The molecule has 1 aliphatic carbocycles. The van der Waals surface area contributed by atoms with Gasteiger partial charge in [0.25, 0.3) is 5.69 Å². The minimum Gasteiger partial charge on any atom is -0.494 e. The van der Waals surface area contributed by atoms with Gasteiger partial charge in [-0.1, -0.05) is 26.7 Å². The molecule has 1 fully saturated rings. The van der Waals surface area contributed by atoms with Crippen molar-refractivity contribution in [2.75, 3.05) is 12.4 Å². The first kappa shape index (κ1) is 14.6. The molecule has 20 heavy (non-hydrogen) atoms. The van der Waals surface area contributed by atoms with Gasteiger partial charge in [-0.2, -0.15) is 0 Å². The van der Waals surface area contributed by atoms with Crippen molar-refractivity contribution in [2.24, 2.45) is 11.8 Å². The number of nitro benzene ring substituents is 1. The van der Waals surface area contributed by atoms with Crippen LogP contribution in [0.5, 0.6) is 5.75 Å². The van der Waals surface area contributed by atoms with Crippen molar-refractivity contribution >= 4 is 11.4 Å². The van der Waals surface area contributed by atoms with Crippen LogP contribution in [-0.4, -0.2) is 18.1 Å². The molecule has 1 saturated carbocycles. The monoisotopic (exact) mass is 278 g/mol. The zero-order valence-electron chi connectivity index (χ0n) is 12.3. The maximum atomic E-state index is 10.8. The number of hydrogen-bond donors (Lipinski definition) is 1. The Labute approximate surface area is 119 Å². The minimum absolute atomic E-state index is 0.0532.